The number of rotatable bonds is 1. The van der Waals surface area contributed by atoms with Gasteiger partial charge in [-0.2, -0.15) is 11.8 Å². The lowest BCUT2D eigenvalue weighted by atomic mass is 9.62. The summed E-state index contributed by atoms with van der Waals surface area (Å²) in [6.45, 7) is 6.89. The van der Waals surface area contributed by atoms with Crippen LogP contribution < -0.4 is 0 Å². The van der Waals surface area contributed by atoms with E-state index in [9.17, 15) is 5.11 Å². The van der Waals surface area contributed by atoms with E-state index in [1.54, 1.807) is 0 Å². The maximum Gasteiger partial charge on any atom is 0.0816 e. The van der Waals surface area contributed by atoms with Gasteiger partial charge in [0.05, 0.1) is 5.60 Å². The summed E-state index contributed by atoms with van der Waals surface area (Å²) in [5.41, 5.74) is -0.301. The molecule has 1 N–H and O–H groups in total. The third kappa shape index (κ3) is 2.15. The van der Waals surface area contributed by atoms with Gasteiger partial charge in [-0.25, -0.2) is 0 Å². The van der Waals surface area contributed by atoms with E-state index in [2.05, 4.69) is 20.8 Å². The standard InChI is InChI=1S/C14H26OS/c1-11-5-4-6-12(9-11)14(15)10-16-8-7-13(14,2)3/h11-12,15H,4-10H2,1-3H3. The van der Waals surface area contributed by atoms with Crippen LogP contribution in [0.4, 0.5) is 0 Å². The fraction of sp³-hybridized carbons (Fsp3) is 1.00. The molecule has 1 saturated carbocycles. The molecule has 1 nitrogen and oxygen atoms in total. The van der Waals surface area contributed by atoms with Crippen LogP contribution in [0.1, 0.15) is 52.9 Å². The monoisotopic (exact) mass is 242 g/mol. The molecule has 1 aliphatic carbocycles. The molecule has 3 unspecified atom stereocenters. The van der Waals surface area contributed by atoms with E-state index < -0.39 is 5.60 Å². The van der Waals surface area contributed by atoms with E-state index in [0.717, 1.165) is 11.7 Å². The molecule has 3 atom stereocenters. The van der Waals surface area contributed by atoms with Gasteiger partial charge in [0.1, 0.15) is 0 Å². The summed E-state index contributed by atoms with van der Waals surface area (Å²) in [4.78, 5) is 0. The summed E-state index contributed by atoms with van der Waals surface area (Å²) in [6.07, 6.45) is 6.32. The van der Waals surface area contributed by atoms with Gasteiger partial charge in [0, 0.05) is 5.75 Å². The third-order valence-electron chi connectivity index (χ3n) is 4.98. The summed E-state index contributed by atoms with van der Waals surface area (Å²) in [5.74, 6) is 3.53. The predicted molar refractivity (Wildman–Crippen MR) is 71.8 cm³/mol. The molecule has 0 radical (unpaired) electrons. The van der Waals surface area contributed by atoms with Gasteiger partial charge in [-0.15, -0.1) is 0 Å². The highest BCUT2D eigenvalue weighted by Gasteiger charge is 2.51. The van der Waals surface area contributed by atoms with Crippen molar-refractivity contribution in [1.29, 1.82) is 0 Å². The molecule has 2 rings (SSSR count). The van der Waals surface area contributed by atoms with Crippen LogP contribution in [0.15, 0.2) is 0 Å². The van der Waals surface area contributed by atoms with Gasteiger partial charge < -0.3 is 5.11 Å². The number of hydrogen-bond donors (Lipinski definition) is 1. The van der Waals surface area contributed by atoms with Crippen molar-refractivity contribution in [2.75, 3.05) is 11.5 Å². The molecule has 0 aromatic heterocycles. The van der Waals surface area contributed by atoms with Crippen LogP contribution in [0.25, 0.3) is 0 Å². The largest absolute Gasteiger partial charge is 0.388 e. The van der Waals surface area contributed by atoms with Crippen LogP contribution in [-0.4, -0.2) is 22.2 Å². The molecule has 2 aliphatic rings. The van der Waals surface area contributed by atoms with E-state index in [4.69, 9.17) is 0 Å². The molecular formula is C14H26OS. The highest BCUT2D eigenvalue weighted by atomic mass is 32.2. The Morgan fingerprint density at radius 2 is 2.00 bits per heavy atom. The summed E-state index contributed by atoms with van der Waals surface area (Å²) in [7, 11) is 0. The van der Waals surface area contributed by atoms with E-state index in [-0.39, 0.29) is 5.41 Å². The first-order chi connectivity index (χ1) is 7.46. The van der Waals surface area contributed by atoms with Crippen molar-refractivity contribution in [3.8, 4) is 0 Å². The normalized spacial score (nSPS) is 44.2. The van der Waals surface area contributed by atoms with E-state index in [1.807, 2.05) is 11.8 Å². The zero-order valence-electron chi connectivity index (χ0n) is 11.0. The molecule has 2 fully saturated rings. The first-order valence-corrected chi connectivity index (χ1v) is 7.91. The zero-order valence-corrected chi connectivity index (χ0v) is 11.8. The molecular weight excluding hydrogens is 216 g/mol. The SMILES string of the molecule is CC1CCCC(C2(O)CSCCC2(C)C)C1. The molecule has 0 spiro atoms. The Labute approximate surface area is 104 Å². The third-order valence-corrected chi connectivity index (χ3v) is 6.11. The van der Waals surface area contributed by atoms with Crippen molar-refractivity contribution < 1.29 is 5.11 Å². The van der Waals surface area contributed by atoms with Crippen LogP contribution in [0.3, 0.4) is 0 Å². The van der Waals surface area contributed by atoms with Crippen molar-refractivity contribution in [2.24, 2.45) is 17.3 Å². The number of thioether (sulfide) groups is 1. The topological polar surface area (TPSA) is 20.2 Å². The van der Waals surface area contributed by atoms with Gasteiger partial charge in [-0.05, 0) is 42.3 Å². The fourth-order valence-electron chi connectivity index (χ4n) is 3.51. The maximum absolute atomic E-state index is 11.1. The number of aliphatic hydroxyl groups is 1. The Morgan fingerprint density at radius 3 is 2.62 bits per heavy atom. The van der Waals surface area contributed by atoms with Gasteiger partial charge in [0.15, 0.2) is 0 Å². The molecule has 1 heterocycles. The Bertz CT molecular complexity index is 251. The lowest BCUT2D eigenvalue weighted by Crippen LogP contribution is -2.56. The Kier molecular flexibility index (Phi) is 3.61. The van der Waals surface area contributed by atoms with Crippen LogP contribution in [0.2, 0.25) is 0 Å². The molecule has 2 heteroatoms. The minimum atomic E-state index is -0.412. The van der Waals surface area contributed by atoms with E-state index in [0.29, 0.717) is 5.92 Å². The average molecular weight is 242 g/mol. The molecule has 0 aromatic carbocycles. The smallest absolute Gasteiger partial charge is 0.0816 e. The van der Waals surface area contributed by atoms with Crippen molar-refractivity contribution in [1.82, 2.24) is 0 Å². The van der Waals surface area contributed by atoms with Gasteiger partial charge in [-0.1, -0.05) is 33.6 Å². The second-order valence-corrected chi connectivity index (χ2v) is 7.68. The summed E-state index contributed by atoms with van der Waals surface area (Å²) < 4.78 is 0. The molecule has 16 heavy (non-hydrogen) atoms. The van der Waals surface area contributed by atoms with Crippen molar-refractivity contribution >= 4 is 11.8 Å². The lowest BCUT2D eigenvalue weighted by molar-refractivity contribution is -0.111. The Morgan fingerprint density at radius 1 is 1.25 bits per heavy atom. The molecule has 0 bridgehead atoms. The van der Waals surface area contributed by atoms with Crippen LogP contribution in [0.5, 0.6) is 0 Å². The van der Waals surface area contributed by atoms with Gasteiger partial charge in [-0.3, -0.25) is 0 Å². The van der Waals surface area contributed by atoms with Gasteiger partial charge in [0.2, 0.25) is 0 Å². The van der Waals surface area contributed by atoms with E-state index in [1.165, 1.54) is 37.9 Å². The van der Waals surface area contributed by atoms with Crippen LogP contribution in [0, 0.1) is 17.3 Å². The predicted octanol–water partition coefficient (Wildman–Crippen LogP) is 3.71. The quantitative estimate of drug-likeness (QED) is 0.756. The minimum Gasteiger partial charge on any atom is -0.388 e. The molecule has 0 aromatic rings. The van der Waals surface area contributed by atoms with Gasteiger partial charge >= 0.3 is 0 Å². The maximum atomic E-state index is 11.1. The summed E-state index contributed by atoms with van der Waals surface area (Å²) >= 11 is 1.95. The first-order valence-electron chi connectivity index (χ1n) is 6.76. The number of hydrogen-bond acceptors (Lipinski definition) is 2. The first kappa shape index (κ1) is 12.8. The van der Waals surface area contributed by atoms with Crippen LogP contribution >= 0.6 is 11.8 Å². The zero-order chi connectivity index (χ0) is 11.8. The van der Waals surface area contributed by atoms with Crippen molar-refractivity contribution in [3.63, 3.8) is 0 Å². The molecule has 0 amide bonds. The van der Waals surface area contributed by atoms with Gasteiger partial charge in [0.25, 0.3) is 0 Å². The lowest BCUT2D eigenvalue weighted by Gasteiger charge is -2.52. The molecule has 1 saturated heterocycles. The second kappa shape index (κ2) is 4.53. The van der Waals surface area contributed by atoms with Crippen molar-refractivity contribution in [3.05, 3.63) is 0 Å². The van der Waals surface area contributed by atoms with E-state index >= 15 is 0 Å². The van der Waals surface area contributed by atoms with Crippen molar-refractivity contribution in [2.45, 2.75) is 58.5 Å². The Hall–Kier alpha value is 0.310. The second-order valence-electron chi connectivity index (χ2n) is 6.58. The fourth-order valence-corrected chi connectivity index (χ4v) is 5.24. The Balaban J connectivity index is 2.15. The molecule has 94 valence electrons. The highest BCUT2D eigenvalue weighted by Crippen LogP contribution is 2.50. The summed E-state index contributed by atoms with van der Waals surface area (Å²) in [6, 6.07) is 0. The minimum absolute atomic E-state index is 0.111. The molecule has 1 aliphatic heterocycles. The summed E-state index contributed by atoms with van der Waals surface area (Å²) in [5, 5.41) is 11.1. The highest BCUT2D eigenvalue weighted by molar-refractivity contribution is 7.99. The van der Waals surface area contributed by atoms with Crippen LogP contribution in [-0.2, 0) is 0 Å². The average Bonchev–Trinajstić information content (AvgIpc) is 2.22.